The Morgan fingerprint density at radius 3 is 2.36 bits per heavy atom. The number of hydrogen-bond donors (Lipinski definition) is 1. The molecule has 0 saturated carbocycles. The number of nitriles is 1. The summed E-state index contributed by atoms with van der Waals surface area (Å²) >= 11 is 4.47. The van der Waals surface area contributed by atoms with Crippen LogP contribution in [-0.2, 0) is 11.0 Å². The van der Waals surface area contributed by atoms with Crippen molar-refractivity contribution in [1.82, 2.24) is 4.98 Å². The van der Waals surface area contributed by atoms with E-state index < -0.39 is 17.6 Å². The molecule has 0 fully saturated rings. The lowest BCUT2D eigenvalue weighted by molar-refractivity contribution is -0.137. The lowest BCUT2D eigenvalue weighted by atomic mass is 9.99. The van der Waals surface area contributed by atoms with Gasteiger partial charge in [-0.05, 0) is 42.0 Å². The number of nitrogens with one attached hydrogen (secondary N) is 1. The number of nitrogens with zero attached hydrogens (tertiary/aromatic N) is 2. The highest BCUT2D eigenvalue weighted by molar-refractivity contribution is 9.10. The summed E-state index contributed by atoms with van der Waals surface area (Å²) in [5.74, 6) is -0.657. The Morgan fingerprint density at radius 2 is 1.69 bits per heavy atom. The first-order valence-corrected chi connectivity index (χ1v) is 12.4. The minimum atomic E-state index is -4.51. The minimum absolute atomic E-state index is 0.0393. The van der Waals surface area contributed by atoms with Gasteiger partial charge in [0.1, 0.15) is 11.1 Å². The number of alkyl halides is 3. The van der Waals surface area contributed by atoms with Crippen molar-refractivity contribution in [3.8, 4) is 28.5 Å². The first kappa shape index (κ1) is 25.5. The molecular formula is C27H17BrF3N3OS. The fraction of sp³-hybridized carbons (Fsp3) is 0.0741. The highest BCUT2D eigenvalue weighted by atomic mass is 79.9. The van der Waals surface area contributed by atoms with Crippen molar-refractivity contribution in [3.63, 3.8) is 0 Å². The Hall–Kier alpha value is -3.61. The Bertz CT molecular complexity index is 1440. The van der Waals surface area contributed by atoms with Crippen molar-refractivity contribution in [1.29, 1.82) is 5.26 Å². The van der Waals surface area contributed by atoms with Crippen molar-refractivity contribution in [2.75, 3.05) is 11.1 Å². The first-order chi connectivity index (χ1) is 17.2. The van der Waals surface area contributed by atoms with Crippen LogP contribution in [0.1, 0.15) is 11.1 Å². The van der Waals surface area contributed by atoms with Gasteiger partial charge in [-0.3, -0.25) is 4.79 Å². The van der Waals surface area contributed by atoms with Gasteiger partial charge in [-0.25, -0.2) is 4.98 Å². The minimum Gasteiger partial charge on any atom is -0.325 e. The Morgan fingerprint density at radius 1 is 0.972 bits per heavy atom. The zero-order valence-corrected chi connectivity index (χ0v) is 20.9. The van der Waals surface area contributed by atoms with E-state index in [9.17, 15) is 23.2 Å². The van der Waals surface area contributed by atoms with Gasteiger partial charge in [-0.1, -0.05) is 76.2 Å². The summed E-state index contributed by atoms with van der Waals surface area (Å²) in [6.07, 6.45) is -4.51. The van der Waals surface area contributed by atoms with E-state index in [2.05, 4.69) is 32.3 Å². The Labute approximate surface area is 218 Å². The van der Waals surface area contributed by atoms with Crippen LogP contribution in [0.25, 0.3) is 22.4 Å². The van der Waals surface area contributed by atoms with Crippen LogP contribution in [0.3, 0.4) is 0 Å². The molecule has 1 amide bonds. The van der Waals surface area contributed by atoms with Crippen molar-refractivity contribution < 1.29 is 18.0 Å². The van der Waals surface area contributed by atoms with Gasteiger partial charge in [0.05, 0.1) is 22.6 Å². The largest absolute Gasteiger partial charge is 0.416 e. The molecular weight excluding hydrogens is 551 g/mol. The van der Waals surface area contributed by atoms with Crippen LogP contribution in [0, 0.1) is 11.3 Å². The molecule has 9 heteroatoms. The summed E-state index contributed by atoms with van der Waals surface area (Å²) in [6, 6.07) is 25.4. The van der Waals surface area contributed by atoms with Crippen LogP contribution in [-0.4, -0.2) is 16.6 Å². The topological polar surface area (TPSA) is 65.8 Å². The van der Waals surface area contributed by atoms with Gasteiger partial charge in [0.25, 0.3) is 0 Å². The van der Waals surface area contributed by atoms with Gasteiger partial charge >= 0.3 is 6.18 Å². The molecule has 4 nitrogen and oxygen atoms in total. The number of anilines is 1. The van der Waals surface area contributed by atoms with E-state index in [4.69, 9.17) is 0 Å². The van der Waals surface area contributed by atoms with E-state index in [0.29, 0.717) is 21.8 Å². The van der Waals surface area contributed by atoms with E-state index in [1.165, 1.54) is 12.1 Å². The van der Waals surface area contributed by atoms with E-state index >= 15 is 0 Å². The number of aromatic nitrogens is 1. The number of hydrogen-bond acceptors (Lipinski definition) is 4. The van der Waals surface area contributed by atoms with E-state index in [0.717, 1.165) is 39.5 Å². The predicted molar refractivity (Wildman–Crippen MR) is 138 cm³/mol. The molecule has 0 bridgehead atoms. The van der Waals surface area contributed by atoms with Gasteiger partial charge in [0.15, 0.2) is 0 Å². The molecule has 0 spiro atoms. The molecule has 0 aliphatic carbocycles. The van der Waals surface area contributed by atoms with Gasteiger partial charge in [0, 0.05) is 21.3 Å². The lowest BCUT2D eigenvalue weighted by Gasteiger charge is -2.13. The molecule has 0 saturated heterocycles. The standard InChI is InChI=1S/C27H17BrF3N3OS/c28-20-11-9-18(10-12-20)24-14-22(17-5-2-1-3-6-17)23(15-32)26(34-24)36-16-25(35)33-21-8-4-7-19(13-21)27(29,30)31/h1-14H,16H2,(H,33,35). The fourth-order valence-corrected chi connectivity index (χ4v) is 4.52. The fourth-order valence-electron chi connectivity index (χ4n) is 3.45. The normalized spacial score (nSPS) is 11.1. The third kappa shape index (κ3) is 6.14. The van der Waals surface area contributed by atoms with Gasteiger partial charge in [0.2, 0.25) is 5.91 Å². The molecule has 4 aromatic rings. The number of amides is 1. The van der Waals surface area contributed by atoms with Crippen LogP contribution < -0.4 is 5.32 Å². The summed E-state index contributed by atoms with van der Waals surface area (Å²) in [6.45, 7) is 0. The summed E-state index contributed by atoms with van der Waals surface area (Å²) < 4.78 is 39.8. The smallest absolute Gasteiger partial charge is 0.325 e. The van der Waals surface area contributed by atoms with E-state index in [1.807, 2.05) is 60.7 Å². The summed E-state index contributed by atoms with van der Waals surface area (Å²) in [5, 5.41) is 12.8. The molecule has 1 N–H and O–H groups in total. The quantitative estimate of drug-likeness (QED) is 0.241. The summed E-state index contributed by atoms with van der Waals surface area (Å²) in [7, 11) is 0. The highest BCUT2D eigenvalue weighted by Gasteiger charge is 2.30. The molecule has 0 atom stereocenters. The first-order valence-electron chi connectivity index (χ1n) is 10.6. The number of carbonyl (C=O) groups is 1. The Balaban J connectivity index is 1.64. The van der Waals surface area contributed by atoms with Crippen molar-refractivity contribution >= 4 is 39.3 Å². The maximum absolute atomic E-state index is 13.0. The zero-order chi connectivity index (χ0) is 25.7. The second-order valence-corrected chi connectivity index (χ2v) is 9.52. The number of halogens is 4. The zero-order valence-electron chi connectivity index (χ0n) is 18.5. The molecule has 3 aromatic carbocycles. The van der Waals surface area contributed by atoms with E-state index in [1.54, 1.807) is 0 Å². The number of thioether (sulfide) groups is 1. The van der Waals surface area contributed by atoms with Gasteiger partial charge in [-0.15, -0.1) is 0 Å². The van der Waals surface area contributed by atoms with Gasteiger partial charge < -0.3 is 5.32 Å². The predicted octanol–water partition coefficient (Wildman–Crippen LogP) is 7.80. The maximum Gasteiger partial charge on any atom is 0.416 e. The van der Waals surface area contributed by atoms with Crippen molar-refractivity contribution in [3.05, 3.63) is 101 Å². The average molecular weight is 568 g/mol. The second-order valence-electron chi connectivity index (χ2n) is 7.64. The average Bonchev–Trinajstić information content (AvgIpc) is 2.87. The third-order valence-electron chi connectivity index (χ3n) is 5.14. The monoisotopic (exact) mass is 567 g/mol. The molecule has 4 rings (SSSR count). The third-order valence-corrected chi connectivity index (χ3v) is 6.64. The maximum atomic E-state index is 13.0. The summed E-state index contributed by atoms with van der Waals surface area (Å²) in [5.41, 5.74) is 2.46. The molecule has 180 valence electrons. The number of rotatable bonds is 6. The van der Waals surface area contributed by atoms with Crippen molar-refractivity contribution in [2.45, 2.75) is 11.2 Å². The van der Waals surface area contributed by atoms with Crippen LogP contribution in [0.5, 0.6) is 0 Å². The SMILES string of the molecule is N#Cc1c(-c2ccccc2)cc(-c2ccc(Br)cc2)nc1SCC(=O)Nc1cccc(C(F)(F)F)c1. The lowest BCUT2D eigenvalue weighted by Crippen LogP contribution is -2.15. The Kier molecular flexibility index (Phi) is 7.77. The van der Waals surface area contributed by atoms with E-state index in [-0.39, 0.29) is 11.4 Å². The van der Waals surface area contributed by atoms with Crippen LogP contribution >= 0.6 is 27.7 Å². The summed E-state index contributed by atoms with van der Waals surface area (Å²) in [4.78, 5) is 17.2. The number of pyridine rings is 1. The molecule has 1 heterocycles. The molecule has 1 aromatic heterocycles. The molecule has 0 unspecified atom stereocenters. The molecule has 36 heavy (non-hydrogen) atoms. The number of carbonyl (C=O) groups excluding carboxylic acids is 1. The second kappa shape index (κ2) is 11.0. The molecule has 0 aliphatic rings. The highest BCUT2D eigenvalue weighted by Crippen LogP contribution is 2.35. The number of benzene rings is 3. The van der Waals surface area contributed by atoms with Crippen LogP contribution in [0.2, 0.25) is 0 Å². The van der Waals surface area contributed by atoms with Crippen LogP contribution in [0.15, 0.2) is 94.4 Å². The van der Waals surface area contributed by atoms with Crippen molar-refractivity contribution in [2.24, 2.45) is 0 Å². The van der Waals surface area contributed by atoms with Gasteiger partial charge in [-0.2, -0.15) is 18.4 Å². The van der Waals surface area contributed by atoms with Crippen LogP contribution in [0.4, 0.5) is 18.9 Å². The molecule has 0 radical (unpaired) electrons. The molecule has 0 aliphatic heterocycles.